The molecule has 0 unspecified atom stereocenters. The van der Waals surface area contributed by atoms with Crippen LogP contribution >= 0.6 is 11.3 Å². The zero-order valence-corrected chi connectivity index (χ0v) is 18.0. The maximum Gasteiger partial charge on any atom is 0.243 e. The van der Waals surface area contributed by atoms with Crippen molar-refractivity contribution in [3.8, 4) is 0 Å². The number of amides is 1. The maximum atomic E-state index is 12.7. The normalized spacial score (nSPS) is 12.0. The molecule has 1 amide bonds. The minimum Gasteiger partial charge on any atom is -0.302 e. The Kier molecular flexibility index (Phi) is 8.19. The second-order valence-electron chi connectivity index (χ2n) is 6.45. The van der Waals surface area contributed by atoms with Crippen LogP contribution in [0.1, 0.15) is 59.3 Å². The summed E-state index contributed by atoms with van der Waals surface area (Å²) in [7, 11) is -3.50. The minimum absolute atomic E-state index is 0.0402. The second kappa shape index (κ2) is 10.1. The van der Waals surface area contributed by atoms with Crippen LogP contribution in [0, 0.1) is 0 Å². The summed E-state index contributed by atoms with van der Waals surface area (Å²) in [6.45, 7) is 6.67. The summed E-state index contributed by atoms with van der Waals surface area (Å²) >= 11 is 1.30. The zero-order valence-electron chi connectivity index (χ0n) is 16.3. The molecular formula is C19H29N3O3S2. The molecule has 0 bridgehead atoms. The van der Waals surface area contributed by atoms with Crippen molar-refractivity contribution in [3.63, 3.8) is 0 Å². The van der Waals surface area contributed by atoms with Gasteiger partial charge < -0.3 is 5.32 Å². The van der Waals surface area contributed by atoms with Crippen LogP contribution in [0.3, 0.4) is 0 Å². The van der Waals surface area contributed by atoms with Gasteiger partial charge in [-0.25, -0.2) is 13.4 Å². The number of fused-ring (bicyclic) bond motifs is 1. The minimum atomic E-state index is -3.50. The number of carbonyl (C=O) groups excluding carboxylic acids is 1. The summed E-state index contributed by atoms with van der Waals surface area (Å²) in [5.74, 6) is -0.0402. The summed E-state index contributed by atoms with van der Waals surface area (Å²) in [6, 6.07) is 4.92. The first kappa shape index (κ1) is 21.8. The van der Waals surface area contributed by atoms with Gasteiger partial charge in [0, 0.05) is 19.5 Å². The van der Waals surface area contributed by atoms with Gasteiger partial charge in [0.25, 0.3) is 0 Å². The highest BCUT2D eigenvalue weighted by Gasteiger charge is 2.22. The predicted molar refractivity (Wildman–Crippen MR) is 112 cm³/mol. The van der Waals surface area contributed by atoms with E-state index in [-0.39, 0.29) is 10.8 Å². The molecule has 150 valence electrons. The molecule has 0 aliphatic heterocycles. The Balaban J connectivity index is 2.06. The smallest absolute Gasteiger partial charge is 0.243 e. The summed E-state index contributed by atoms with van der Waals surface area (Å²) < 4.78 is 27.5. The third-order valence-electron chi connectivity index (χ3n) is 4.46. The van der Waals surface area contributed by atoms with Gasteiger partial charge in [0.2, 0.25) is 15.9 Å². The van der Waals surface area contributed by atoms with Gasteiger partial charge >= 0.3 is 0 Å². The lowest BCUT2D eigenvalue weighted by Gasteiger charge is -2.18. The van der Waals surface area contributed by atoms with Crippen molar-refractivity contribution in [2.24, 2.45) is 0 Å². The highest BCUT2D eigenvalue weighted by atomic mass is 32.2. The molecule has 0 aliphatic rings. The number of unbranched alkanes of at least 4 members (excludes halogenated alkanes) is 4. The third-order valence-corrected chi connectivity index (χ3v) is 7.44. The molecule has 1 aromatic heterocycles. The molecule has 0 spiro atoms. The Morgan fingerprint density at radius 1 is 1.11 bits per heavy atom. The van der Waals surface area contributed by atoms with Gasteiger partial charge in [0.1, 0.15) is 0 Å². The molecule has 0 saturated heterocycles. The number of nitrogens with one attached hydrogen (secondary N) is 1. The van der Waals surface area contributed by atoms with Crippen LogP contribution < -0.4 is 5.32 Å². The lowest BCUT2D eigenvalue weighted by Crippen LogP contribution is -2.30. The molecule has 0 saturated carbocycles. The number of sulfonamides is 1. The molecule has 0 radical (unpaired) electrons. The first-order chi connectivity index (χ1) is 12.9. The van der Waals surface area contributed by atoms with Crippen molar-refractivity contribution in [2.45, 2.75) is 64.2 Å². The van der Waals surface area contributed by atoms with Crippen molar-refractivity contribution in [1.82, 2.24) is 9.29 Å². The van der Waals surface area contributed by atoms with E-state index in [0.29, 0.717) is 30.2 Å². The van der Waals surface area contributed by atoms with E-state index in [4.69, 9.17) is 0 Å². The molecule has 27 heavy (non-hydrogen) atoms. The molecule has 0 atom stereocenters. The fourth-order valence-electron chi connectivity index (χ4n) is 2.90. The number of thiazole rings is 1. The van der Waals surface area contributed by atoms with Crippen LogP contribution in [-0.4, -0.2) is 36.7 Å². The van der Waals surface area contributed by atoms with Crippen LogP contribution in [0.15, 0.2) is 23.1 Å². The number of carbonyl (C=O) groups is 1. The number of benzene rings is 1. The van der Waals surface area contributed by atoms with Gasteiger partial charge in [-0.05, 0) is 24.6 Å². The molecular weight excluding hydrogens is 382 g/mol. The molecule has 8 heteroatoms. The highest BCUT2D eigenvalue weighted by molar-refractivity contribution is 7.89. The van der Waals surface area contributed by atoms with E-state index < -0.39 is 10.0 Å². The molecule has 1 heterocycles. The Bertz CT molecular complexity index is 858. The van der Waals surface area contributed by atoms with Crippen LogP contribution in [0.2, 0.25) is 0 Å². The highest BCUT2D eigenvalue weighted by Crippen LogP contribution is 2.29. The summed E-state index contributed by atoms with van der Waals surface area (Å²) in [5.41, 5.74) is 0.691. The van der Waals surface area contributed by atoms with Gasteiger partial charge in [-0.15, -0.1) is 0 Å². The predicted octanol–water partition coefficient (Wildman–Crippen LogP) is 4.63. The Morgan fingerprint density at radius 3 is 2.48 bits per heavy atom. The average Bonchev–Trinajstić information content (AvgIpc) is 3.03. The van der Waals surface area contributed by atoms with E-state index in [0.717, 1.165) is 24.0 Å². The summed E-state index contributed by atoms with van der Waals surface area (Å²) in [6.07, 6.45) is 5.98. The topological polar surface area (TPSA) is 79.4 Å². The van der Waals surface area contributed by atoms with E-state index in [2.05, 4.69) is 17.2 Å². The first-order valence-electron chi connectivity index (χ1n) is 9.62. The monoisotopic (exact) mass is 411 g/mol. The molecule has 1 N–H and O–H groups in total. The lowest BCUT2D eigenvalue weighted by atomic mass is 10.1. The quantitative estimate of drug-likeness (QED) is 0.547. The Hall–Kier alpha value is -1.51. The van der Waals surface area contributed by atoms with Crippen LogP contribution in [0.4, 0.5) is 5.13 Å². The summed E-state index contributed by atoms with van der Waals surface area (Å²) in [5, 5.41) is 3.35. The fraction of sp³-hybridized carbons (Fsp3) is 0.579. The van der Waals surface area contributed by atoms with Crippen molar-refractivity contribution in [2.75, 3.05) is 18.4 Å². The Labute approximate surface area is 166 Å². The molecule has 6 nitrogen and oxygen atoms in total. The summed E-state index contributed by atoms with van der Waals surface area (Å²) in [4.78, 5) is 16.7. The van der Waals surface area contributed by atoms with Crippen molar-refractivity contribution >= 4 is 42.6 Å². The standard InChI is InChI=1S/C19H29N3O3S2/c1-4-7-8-9-10-11-18(23)21-19-20-16-13-12-15(14-17(16)26-19)27(24,25)22(5-2)6-3/h12-14H,4-11H2,1-3H3,(H,20,21,23). The number of anilines is 1. The molecule has 2 rings (SSSR count). The fourth-order valence-corrected chi connectivity index (χ4v) is 5.38. The zero-order chi connectivity index (χ0) is 19.9. The average molecular weight is 412 g/mol. The number of aromatic nitrogens is 1. The SMILES string of the molecule is CCCCCCCC(=O)Nc1nc2ccc(S(=O)(=O)N(CC)CC)cc2s1. The molecule has 0 fully saturated rings. The third kappa shape index (κ3) is 5.73. The maximum absolute atomic E-state index is 12.7. The lowest BCUT2D eigenvalue weighted by molar-refractivity contribution is -0.116. The number of nitrogens with zero attached hydrogens (tertiary/aromatic N) is 2. The van der Waals surface area contributed by atoms with Crippen LogP contribution in [0.25, 0.3) is 10.2 Å². The number of hydrogen-bond donors (Lipinski definition) is 1. The second-order valence-corrected chi connectivity index (χ2v) is 9.42. The van der Waals surface area contributed by atoms with Crippen molar-refractivity contribution < 1.29 is 13.2 Å². The first-order valence-corrected chi connectivity index (χ1v) is 11.9. The molecule has 2 aromatic rings. The van der Waals surface area contributed by atoms with Crippen LogP contribution in [-0.2, 0) is 14.8 Å². The van der Waals surface area contributed by atoms with Crippen molar-refractivity contribution in [1.29, 1.82) is 0 Å². The van der Waals surface area contributed by atoms with Gasteiger partial charge in [-0.1, -0.05) is 57.8 Å². The van der Waals surface area contributed by atoms with E-state index in [1.807, 2.05) is 13.8 Å². The van der Waals surface area contributed by atoms with Crippen molar-refractivity contribution in [3.05, 3.63) is 18.2 Å². The van der Waals surface area contributed by atoms with Gasteiger partial charge in [-0.3, -0.25) is 4.79 Å². The van der Waals surface area contributed by atoms with E-state index >= 15 is 0 Å². The number of rotatable bonds is 11. The largest absolute Gasteiger partial charge is 0.302 e. The van der Waals surface area contributed by atoms with Gasteiger partial charge in [0.15, 0.2) is 5.13 Å². The van der Waals surface area contributed by atoms with Crippen LogP contribution in [0.5, 0.6) is 0 Å². The van der Waals surface area contributed by atoms with E-state index in [1.54, 1.807) is 18.2 Å². The van der Waals surface area contributed by atoms with E-state index in [1.165, 1.54) is 28.5 Å². The molecule has 1 aromatic carbocycles. The molecule has 0 aliphatic carbocycles. The number of hydrogen-bond acceptors (Lipinski definition) is 5. The van der Waals surface area contributed by atoms with E-state index in [9.17, 15) is 13.2 Å². The Morgan fingerprint density at radius 2 is 1.81 bits per heavy atom. The van der Waals surface area contributed by atoms with Gasteiger partial charge in [-0.2, -0.15) is 4.31 Å². The van der Waals surface area contributed by atoms with Gasteiger partial charge in [0.05, 0.1) is 15.1 Å².